The Morgan fingerprint density at radius 2 is 0.918 bits per heavy atom. The summed E-state index contributed by atoms with van der Waals surface area (Å²) in [7, 11) is 0. The number of nitrogens with zero attached hydrogens (tertiary/aromatic N) is 1. The summed E-state index contributed by atoms with van der Waals surface area (Å²) in [6.45, 7) is 0. The van der Waals surface area contributed by atoms with Crippen LogP contribution in [0.3, 0.4) is 0 Å². The molecule has 12 aromatic rings. The first kappa shape index (κ1) is 34.9. The van der Waals surface area contributed by atoms with E-state index in [9.17, 15) is 0 Å². The minimum Gasteiger partial charge on any atom is -0.456 e. The summed E-state index contributed by atoms with van der Waals surface area (Å²) < 4.78 is 13.3. The van der Waals surface area contributed by atoms with Crippen molar-refractivity contribution in [3.05, 3.63) is 224 Å². The van der Waals surface area contributed by atoms with Crippen molar-refractivity contribution in [3.8, 4) is 44.5 Å². The van der Waals surface area contributed by atoms with Gasteiger partial charge in [-0.25, -0.2) is 0 Å². The zero-order valence-corrected chi connectivity index (χ0v) is 33.1. The first-order valence-corrected chi connectivity index (χ1v) is 20.7. The van der Waals surface area contributed by atoms with Crippen LogP contribution in [0.2, 0.25) is 0 Å². The molecule has 2 aromatic heterocycles. The van der Waals surface area contributed by atoms with Crippen LogP contribution < -0.4 is 4.90 Å². The summed E-state index contributed by atoms with van der Waals surface area (Å²) in [5.74, 6) is 0. The molecule has 286 valence electrons. The fourth-order valence-electron chi connectivity index (χ4n) is 9.13. The van der Waals surface area contributed by atoms with Gasteiger partial charge in [0.1, 0.15) is 22.3 Å². The molecule has 2 heterocycles. The van der Waals surface area contributed by atoms with Crippen LogP contribution in [-0.2, 0) is 0 Å². The van der Waals surface area contributed by atoms with Gasteiger partial charge in [0.25, 0.3) is 0 Å². The summed E-state index contributed by atoms with van der Waals surface area (Å²) >= 11 is 0. The minimum absolute atomic E-state index is 0.851. The minimum atomic E-state index is 0.851. The van der Waals surface area contributed by atoms with Crippen molar-refractivity contribution < 1.29 is 8.83 Å². The molecule has 61 heavy (non-hydrogen) atoms. The van der Waals surface area contributed by atoms with Gasteiger partial charge in [-0.05, 0) is 116 Å². The lowest BCUT2D eigenvalue weighted by molar-refractivity contribution is 0.669. The normalized spacial score (nSPS) is 11.6. The number of anilines is 3. The second kappa shape index (κ2) is 14.3. The monoisotopic (exact) mass is 779 g/mol. The maximum absolute atomic E-state index is 6.77. The van der Waals surface area contributed by atoms with Gasteiger partial charge < -0.3 is 13.7 Å². The van der Waals surface area contributed by atoms with Crippen LogP contribution in [0.4, 0.5) is 17.1 Å². The van der Waals surface area contributed by atoms with E-state index in [1.54, 1.807) is 0 Å². The Morgan fingerprint density at radius 1 is 0.295 bits per heavy atom. The highest BCUT2D eigenvalue weighted by Crippen LogP contribution is 2.47. The quantitative estimate of drug-likeness (QED) is 0.161. The van der Waals surface area contributed by atoms with Crippen LogP contribution in [0, 0.1) is 0 Å². The lowest BCUT2D eigenvalue weighted by atomic mass is 9.95. The number of hydrogen-bond donors (Lipinski definition) is 0. The molecule has 0 N–H and O–H groups in total. The molecule has 3 nitrogen and oxygen atoms in total. The third kappa shape index (κ3) is 5.98. The zero-order valence-electron chi connectivity index (χ0n) is 33.1. The van der Waals surface area contributed by atoms with E-state index in [2.05, 4.69) is 217 Å². The van der Waals surface area contributed by atoms with E-state index >= 15 is 0 Å². The van der Waals surface area contributed by atoms with E-state index in [-0.39, 0.29) is 0 Å². The molecule has 3 heteroatoms. The summed E-state index contributed by atoms with van der Waals surface area (Å²) in [6, 6.07) is 79.8. The smallest absolute Gasteiger partial charge is 0.145 e. The zero-order chi connectivity index (χ0) is 40.3. The lowest BCUT2D eigenvalue weighted by Gasteiger charge is -2.27. The lowest BCUT2D eigenvalue weighted by Crippen LogP contribution is -2.10. The molecule has 12 rings (SSSR count). The molecule has 0 atom stereocenters. The van der Waals surface area contributed by atoms with Gasteiger partial charge in [0.15, 0.2) is 0 Å². The summed E-state index contributed by atoms with van der Waals surface area (Å²) in [5, 5.41) is 6.77. The van der Waals surface area contributed by atoms with E-state index in [0.29, 0.717) is 0 Å². The molecular formula is C58H37NO2. The van der Waals surface area contributed by atoms with Crippen molar-refractivity contribution in [2.45, 2.75) is 0 Å². The molecule has 0 fully saturated rings. The molecule has 0 bridgehead atoms. The van der Waals surface area contributed by atoms with Gasteiger partial charge in [0.2, 0.25) is 0 Å². The van der Waals surface area contributed by atoms with Gasteiger partial charge in [-0.1, -0.05) is 158 Å². The highest BCUT2D eigenvalue weighted by molar-refractivity contribution is 6.17. The summed E-state index contributed by atoms with van der Waals surface area (Å²) in [4.78, 5) is 2.37. The maximum Gasteiger partial charge on any atom is 0.145 e. The predicted molar refractivity (Wildman–Crippen MR) is 255 cm³/mol. The average Bonchev–Trinajstić information content (AvgIpc) is 3.91. The Hall–Kier alpha value is -8.14. The SMILES string of the molecule is c1ccc(-c2ccc3c(c2)oc2ccc(N(c4ccc(-c5cccc(-c6cccc7ccccc67)c5)cc4)c4ccc(-c5ccccc5)c5oc6ccccc6c45)cc23)cc1. The fraction of sp³-hybridized carbons (Fsp3) is 0. The molecule has 0 aliphatic heterocycles. The highest BCUT2D eigenvalue weighted by Gasteiger charge is 2.23. The first-order chi connectivity index (χ1) is 30.2. The van der Waals surface area contributed by atoms with Crippen molar-refractivity contribution in [1.82, 2.24) is 0 Å². The van der Waals surface area contributed by atoms with E-state index < -0.39 is 0 Å². The van der Waals surface area contributed by atoms with Crippen LogP contribution in [0.25, 0.3) is 99.2 Å². The number of fused-ring (bicyclic) bond motifs is 7. The topological polar surface area (TPSA) is 29.5 Å². The number of benzene rings is 10. The van der Waals surface area contributed by atoms with Gasteiger partial charge in [-0.15, -0.1) is 0 Å². The van der Waals surface area contributed by atoms with E-state index in [1.807, 2.05) is 12.1 Å². The van der Waals surface area contributed by atoms with Gasteiger partial charge in [0.05, 0.1) is 11.1 Å². The fourth-order valence-corrected chi connectivity index (χ4v) is 9.13. The molecule has 0 aliphatic rings. The second-order valence-corrected chi connectivity index (χ2v) is 15.6. The number of para-hydroxylation sites is 1. The van der Waals surface area contributed by atoms with Crippen LogP contribution in [-0.4, -0.2) is 0 Å². The Bertz CT molecular complexity index is 3580. The molecule has 10 aromatic carbocycles. The van der Waals surface area contributed by atoms with Crippen molar-refractivity contribution in [1.29, 1.82) is 0 Å². The van der Waals surface area contributed by atoms with Crippen LogP contribution in [0.1, 0.15) is 0 Å². The largest absolute Gasteiger partial charge is 0.456 e. The molecule has 0 aliphatic carbocycles. The van der Waals surface area contributed by atoms with Crippen LogP contribution in [0.5, 0.6) is 0 Å². The molecule has 0 radical (unpaired) electrons. The van der Waals surface area contributed by atoms with E-state index in [4.69, 9.17) is 8.83 Å². The summed E-state index contributed by atoms with van der Waals surface area (Å²) in [6.07, 6.45) is 0. The molecule has 0 unspecified atom stereocenters. The number of rotatable bonds is 7. The third-order valence-corrected chi connectivity index (χ3v) is 12.1. The Morgan fingerprint density at radius 3 is 1.77 bits per heavy atom. The Kier molecular flexibility index (Phi) is 8.17. The van der Waals surface area contributed by atoms with E-state index in [0.717, 1.165) is 88.8 Å². The second-order valence-electron chi connectivity index (χ2n) is 15.6. The van der Waals surface area contributed by atoms with Crippen LogP contribution in [0.15, 0.2) is 233 Å². The third-order valence-electron chi connectivity index (χ3n) is 12.1. The maximum atomic E-state index is 6.77. The van der Waals surface area contributed by atoms with Crippen molar-refractivity contribution in [2.75, 3.05) is 4.90 Å². The van der Waals surface area contributed by atoms with Crippen molar-refractivity contribution in [3.63, 3.8) is 0 Å². The van der Waals surface area contributed by atoms with Crippen molar-refractivity contribution >= 4 is 71.7 Å². The highest BCUT2D eigenvalue weighted by atomic mass is 16.3. The molecule has 0 spiro atoms. The molecule has 0 saturated carbocycles. The van der Waals surface area contributed by atoms with Gasteiger partial charge in [0, 0.05) is 33.1 Å². The van der Waals surface area contributed by atoms with Gasteiger partial charge in [-0.2, -0.15) is 0 Å². The molecule has 0 saturated heterocycles. The average molecular weight is 780 g/mol. The number of hydrogen-bond acceptors (Lipinski definition) is 3. The Labute approximate surface area is 353 Å². The van der Waals surface area contributed by atoms with Gasteiger partial charge >= 0.3 is 0 Å². The molecular weight excluding hydrogens is 743 g/mol. The van der Waals surface area contributed by atoms with Gasteiger partial charge in [-0.3, -0.25) is 0 Å². The predicted octanol–water partition coefficient (Wildman–Crippen LogP) is 16.8. The van der Waals surface area contributed by atoms with Crippen molar-refractivity contribution in [2.24, 2.45) is 0 Å². The standard InChI is InChI=1S/C58H37NO2/c1-3-13-38(14-4-1)43-27-31-50-52-37-46(30-34-55(52)60-56(50)36-43)59(53-33-32-49(41-15-5-2-6-16-41)58-57(53)51-22-9-10-24-54(51)61-58)45-28-25-39(26-29-45)42-19-11-20-44(35-42)48-23-12-18-40-17-7-8-21-47(40)48/h1-37H. The van der Waals surface area contributed by atoms with E-state index in [1.165, 1.54) is 27.5 Å². The Balaban J connectivity index is 1.03. The first-order valence-electron chi connectivity index (χ1n) is 20.7. The summed E-state index contributed by atoms with van der Waals surface area (Å²) in [5.41, 5.74) is 15.7. The van der Waals surface area contributed by atoms with Crippen LogP contribution >= 0.6 is 0 Å². The molecule has 0 amide bonds. The number of furan rings is 2.